The lowest BCUT2D eigenvalue weighted by molar-refractivity contribution is -0.370. The van der Waals surface area contributed by atoms with Crippen LogP contribution in [0.1, 0.15) is 137 Å². The average Bonchev–Trinajstić information content (AvgIpc) is 4.36. The molecule has 31 atom stereocenters. The Morgan fingerprint density at radius 2 is 1.17 bits per heavy atom. The first-order chi connectivity index (χ1) is 36.6. The zero-order valence-electron chi connectivity index (χ0n) is 44.9. The molecule has 16 fully saturated rings. The third kappa shape index (κ3) is 8.56. The number of aliphatic hydroxyl groups is 1. The molecule has 16 aliphatic heterocycles. The topological polar surface area (TPSA) is 202 Å². The Balaban J connectivity index is 0.669. The summed E-state index contributed by atoms with van der Waals surface area (Å²) >= 11 is 0. The number of carbonyl (C=O) groups is 1. The predicted molar refractivity (Wildman–Crippen MR) is 265 cm³/mol. The van der Waals surface area contributed by atoms with E-state index in [-0.39, 0.29) is 152 Å². The molecule has 16 rings (SSSR count). The monoisotopic (exact) mass is 1070 g/mol. The molecule has 0 saturated carbocycles. The maximum absolute atomic E-state index is 14.6. The molecule has 0 aromatic carbocycles. The van der Waals surface area contributed by atoms with E-state index in [1.54, 1.807) is 0 Å². The first kappa shape index (κ1) is 51.2. The Kier molecular flexibility index (Phi) is 12.8. The molecule has 16 heterocycles. The largest absolute Gasteiger partial charge is 0.459 e. The van der Waals surface area contributed by atoms with Crippen LogP contribution in [0.25, 0.3) is 0 Å². The van der Waals surface area contributed by atoms with Gasteiger partial charge in [0.15, 0.2) is 17.4 Å². The van der Waals surface area contributed by atoms with E-state index < -0.39 is 54.0 Å². The first-order valence-corrected chi connectivity index (χ1v) is 29.8. The van der Waals surface area contributed by atoms with Gasteiger partial charge >= 0.3 is 5.97 Å². The Hall–Kier alpha value is -1.69. The third-order valence-electron chi connectivity index (χ3n) is 21.4. The molecule has 16 aliphatic rings. The molecule has 3 N–H and O–H groups in total. The quantitative estimate of drug-likeness (QED) is 0.258. The lowest BCUT2D eigenvalue weighted by Crippen LogP contribution is -2.63. The minimum absolute atomic E-state index is 0.00857. The van der Waals surface area contributed by atoms with Gasteiger partial charge in [-0.3, -0.25) is 4.79 Å². The lowest BCUT2D eigenvalue weighted by Gasteiger charge is -2.54. The van der Waals surface area contributed by atoms with Crippen LogP contribution in [0, 0.1) is 23.7 Å². The molecule has 18 heteroatoms. The summed E-state index contributed by atoms with van der Waals surface area (Å²) in [4.78, 5) is 14.6. The molecular formula is C58H83NO17. The zero-order chi connectivity index (χ0) is 51.7. The number of carbonyl (C=O) groups excluding carboxylic acids is 1. The summed E-state index contributed by atoms with van der Waals surface area (Å²) in [5.74, 6) is -2.57. The van der Waals surface area contributed by atoms with Gasteiger partial charge in [0.05, 0.1) is 116 Å². The van der Waals surface area contributed by atoms with Crippen LogP contribution in [0.5, 0.6) is 0 Å². The predicted octanol–water partition coefficient (Wildman–Crippen LogP) is 5.14. The van der Waals surface area contributed by atoms with Crippen LogP contribution in [-0.2, 0) is 75.8 Å². The van der Waals surface area contributed by atoms with E-state index in [0.29, 0.717) is 64.2 Å². The summed E-state index contributed by atoms with van der Waals surface area (Å²) in [6.45, 7) is 18.2. The minimum Gasteiger partial charge on any atom is -0.459 e. The van der Waals surface area contributed by atoms with Crippen molar-refractivity contribution in [3.63, 3.8) is 0 Å². The molecule has 18 nitrogen and oxygen atoms in total. The summed E-state index contributed by atoms with van der Waals surface area (Å²) in [6.07, 6.45) is 4.05. The fraction of sp³-hybridized carbons (Fsp3) is 0.914. The standard InChI is InChI=1S/C58H83NO17/c1-25-13-31-7-9-35-26(2)14-33(62-35)11-12-56-22-43-52(75-56)53-54(68-43)55(76-56)51-36(66-53)10-8-32(64-51)15-46(61)70-50-30(6)49-40(65-39(50)17-37(63-31)29(25)5)18-38-42(67-49)21-58(71-38)23-44-48(74-58)28(4)20-57(73-44)19-27(3)47-41(72-57)16-34(60)45(24-59)69-47/h25,27-28,30-45,47-55,60H,2,5,7-24,59H2,1,3-4,6H3/t25-,27+,28+,30+,31+,32-,33+,34-,35+,36+,37-,38-,39+,40+,41+,42-,43-,44+,45-,47+,48+,49+,50-,51+,52?,53+,54?,55?,56+,57-,58+/m1/s1. The van der Waals surface area contributed by atoms with Gasteiger partial charge in [-0.15, -0.1) is 0 Å². The highest BCUT2D eigenvalue weighted by Crippen LogP contribution is 2.57. The van der Waals surface area contributed by atoms with Crippen molar-refractivity contribution in [1.82, 2.24) is 0 Å². The van der Waals surface area contributed by atoms with Gasteiger partial charge < -0.3 is 81.9 Å². The highest BCUT2D eigenvalue weighted by atomic mass is 16.8. The average molecular weight is 1070 g/mol. The van der Waals surface area contributed by atoms with Crippen LogP contribution in [0.3, 0.4) is 0 Å². The van der Waals surface area contributed by atoms with Gasteiger partial charge in [0.1, 0.15) is 36.6 Å². The van der Waals surface area contributed by atoms with Crippen molar-refractivity contribution in [1.29, 1.82) is 0 Å². The second kappa shape index (κ2) is 18.9. The van der Waals surface area contributed by atoms with Crippen LogP contribution in [0.4, 0.5) is 0 Å². The van der Waals surface area contributed by atoms with Crippen molar-refractivity contribution in [2.45, 2.75) is 301 Å². The van der Waals surface area contributed by atoms with Crippen LogP contribution in [0.15, 0.2) is 24.3 Å². The number of ether oxygens (including phenoxy) is 15. The van der Waals surface area contributed by atoms with Crippen LogP contribution >= 0.6 is 0 Å². The van der Waals surface area contributed by atoms with E-state index >= 15 is 0 Å². The molecule has 3 spiro atoms. The summed E-state index contributed by atoms with van der Waals surface area (Å²) in [6, 6.07) is 0. The molecule has 16 saturated heterocycles. The fourth-order valence-electron chi connectivity index (χ4n) is 17.8. The number of aliphatic hydroxyl groups excluding tert-OH is 1. The molecule has 422 valence electrons. The van der Waals surface area contributed by atoms with Crippen LogP contribution < -0.4 is 5.73 Å². The maximum atomic E-state index is 14.6. The van der Waals surface area contributed by atoms with Crippen molar-refractivity contribution in [2.75, 3.05) is 6.54 Å². The van der Waals surface area contributed by atoms with Crippen LogP contribution in [0.2, 0.25) is 0 Å². The van der Waals surface area contributed by atoms with Gasteiger partial charge in [-0.1, -0.05) is 40.9 Å². The van der Waals surface area contributed by atoms with Gasteiger partial charge in [0, 0.05) is 70.3 Å². The zero-order valence-corrected chi connectivity index (χ0v) is 44.9. The Bertz CT molecular complexity index is 2270. The number of rotatable bonds is 1. The highest BCUT2D eigenvalue weighted by Gasteiger charge is 2.70. The molecule has 0 aromatic rings. The Labute approximate surface area is 446 Å². The highest BCUT2D eigenvalue weighted by molar-refractivity contribution is 5.70. The molecular weight excluding hydrogens is 983 g/mol. The lowest BCUT2D eigenvalue weighted by atomic mass is 9.78. The Morgan fingerprint density at radius 1 is 0.500 bits per heavy atom. The van der Waals surface area contributed by atoms with E-state index in [1.165, 1.54) is 0 Å². The molecule has 3 unspecified atom stereocenters. The van der Waals surface area contributed by atoms with Crippen molar-refractivity contribution < 1.29 is 81.0 Å². The Morgan fingerprint density at radius 3 is 2.03 bits per heavy atom. The summed E-state index contributed by atoms with van der Waals surface area (Å²) in [5.41, 5.74) is 8.12. The second-order valence-electron chi connectivity index (χ2n) is 26.7. The molecule has 0 amide bonds. The van der Waals surface area contributed by atoms with Crippen molar-refractivity contribution >= 4 is 5.97 Å². The SMILES string of the molecule is C=C1C[C@@H]2CC[C@@]34C[C@H]5OC6C(O3)[C@H]3O[C@H](CC[C@@H]3O[C@H]6C5O4)CC(=O)O[C@@H]3[C@@H](C)[C@@H]4O[C@@H]5C[C@]6(C[C@@H]7O[C@]8(C[C@H](C)[C@@H]9O[C@H](CN)[C@H](O)C[C@@H]9O8)C[C@H](C)[C@@H]7O6)O[C@@H]5C[C@@H]4O[C@H]3C[C@H]3O[C@@H](CC[C@@H]1O2)C[C@@H](C)C3=C. The van der Waals surface area contributed by atoms with E-state index in [1.807, 2.05) is 0 Å². The molecule has 0 radical (unpaired) electrons. The minimum atomic E-state index is -0.897. The first-order valence-electron chi connectivity index (χ1n) is 29.8. The number of fused-ring (bicyclic) bond motifs is 10. The maximum Gasteiger partial charge on any atom is 0.308 e. The van der Waals surface area contributed by atoms with Gasteiger partial charge in [0.2, 0.25) is 0 Å². The molecule has 0 aromatic heterocycles. The van der Waals surface area contributed by atoms with Crippen molar-refractivity contribution in [3.05, 3.63) is 24.3 Å². The smallest absolute Gasteiger partial charge is 0.308 e. The molecule has 0 aliphatic carbocycles. The fourth-order valence-corrected chi connectivity index (χ4v) is 17.8. The van der Waals surface area contributed by atoms with Gasteiger partial charge in [-0.2, -0.15) is 0 Å². The molecule has 76 heavy (non-hydrogen) atoms. The van der Waals surface area contributed by atoms with E-state index in [9.17, 15) is 9.90 Å². The number of nitrogens with two attached hydrogens (primary N) is 1. The van der Waals surface area contributed by atoms with Crippen molar-refractivity contribution in [2.24, 2.45) is 29.4 Å². The second-order valence-corrected chi connectivity index (χ2v) is 26.7. The van der Waals surface area contributed by atoms with Gasteiger partial charge in [-0.25, -0.2) is 0 Å². The van der Waals surface area contributed by atoms with Crippen LogP contribution in [-0.4, -0.2) is 181 Å². The van der Waals surface area contributed by atoms with Gasteiger partial charge in [0.25, 0.3) is 0 Å². The number of hydrogen-bond donors (Lipinski definition) is 2. The van der Waals surface area contributed by atoms with E-state index in [4.69, 9.17) is 76.8 Å². The number of esters is 1. The van der Waals surface area contributed by atoms with Gasteiger partial charge in [-0.05, 0) is 73.8 Å². The van der Waals surface area contributed by atoms with E-state index in [0.717, 1.165) is 49.7 Å². The normalized spacial score (nSPS) is 59.3. The third-order valence-corrected chi connectivity index (χ3v) is 21.4. The number of hydrogen-bond acceptors (Lipinski definition) is 18. The van der Waals surface area contributed by atoms with Crippen molar-refractivity contribution in [3.8, 4) is 0 Å². The summed E-state index contributed by atoms with van der Waals surface area (Å²) < 4.78 is 103. The summed E-state index contributed by atoms with van der Waals surface area (Å²) in [5, 5.41) is 10.9. The molecule has 12 bridgehead atoms. The summed E-state index contributed by atoms with van der Waals surface area (Å²) in [7, 11) is 0. The van der Waals surface area contributed by atoms with E-state index in [2.05, 4.69) is 40.9 Å².